The van der Waals surface area contributed by atoms with Crippen molar-refractivity contribution in [1.82, 2.24) is 10.2 Å². The number of hydrogen-bond acceptors (Lipinski definition) is 4. The average Bonchev–Trinajstić information content (AvgIpc) is 3.03. The van der Waals surface area contributed by atoms with Crippen LogP contribution in [0.2, 0.25) is 15.1 Å². The molecular weight excluding hydrogens is 722 g/mol. The van der Waals surface area contributed by atoms with Crippen LogP contribution >= 0.6 is 34.8 Å². The number of sulfonamides is 1. The van der Waals surface area contributed by atoms with Gasteiger partial charge in [-0.15, -0.1) is 0 Å². The van der Waals surface area contributed by atoms with Crippen molar-refractivity contribution in [3.8, 4) is 0 Å². The number of amides is 2. The van der Waals surface area contributed by atoms with Gasteiger partial charge in [0.25, 0.3) is 10.0 Å². The first-order valence-corrected chi connectivity index (χ1v) is 17.5. The van der Waals surface area contributed by atoms with E-state index in [-0.39, 0.29) is 32.9 Å². The summed E-state index contributed by atoms with van der Waals surface area (Å²) < 4.78 is 70.4. The standard InChI is InChI=1S/C35H33Cl3F3N3O4S/c1-34(2,3)42-33(46)31(19-23-10-6-4-7-11-23)43(21-24-14-16-27(36)29(38)18-24)32(45)22-44(49(47,48)26-12-8-5-9-13-26)30-20-25(35(39,40)41)15-17-28(30)37/h4-18,20,31H,19,21-22H2,1-3H3,(H,42,46)/t31-/m0/s1. The monoisotopic (exact) mass is 753 g/mol. The fourth-order valence-corrected chi connectivity index (χ4v) is 6.99. The highest BCUT2D eigenvalue weighted by molar-refractivity contribution is 7.92. The van der Waals surface area contributed by atoms with Gasteiger partial charge in [0.1, 0.15) is 12.6 Å². The van der Waals surface area contributed by atoms with Crippen molar-refractivity contribution < 1.29 is 31.2 Å². The van der Waals surface area contributed by atoms with E-state index in [0.717, 1.165) is 6.07 Å². The molecule has 4 rings (SSSR count). The second kappa shape index (κ2) is 15.4. The number of nitrogens with zero attached hydrogens (tertiary/aromatic N) is 2. The Morgan fingerprint density at radius 3 is 1.94 bits per heavy atom. The van der Waals surface area contributed by atoms with Crippen LogP contribution in [0.3, 0.4) is 0 Å². The van der Waals surface area contributed by atoms with Crippen LogP contribution in [0, 0.1) is 0 Å². The van der Waals surface area contributed by atoms with E-state index in [4.69, 9.17) is 34.8 Å². The summed E-state index contributed by atoms with van der Waals surface area (Å²) in [6, 6.07) is 21.4. The molecule has 260 valence electrons. The molecule has 1 atom stereocenters. The summed E-state index contributed by atoms with van der Waals surface area (Å²) in [5.74, 6) is -1.44. The molecule has 0 aromatic heterocycles. The number of nitrogens with one attached hydrogen (secondary N) is 1. The number of benzene rings is 4. The number of carbonyl (C=O) groups excluding carboxylic acids is 2. The second-order valence-corrected chi connectivity index (χ2v) is 15.3. The maximum absolute atomic E-state index is 14.6. The molecule has 0 spiro atoms. The molecule has 4 aromatic carbocycles. The van der Waals surface area contributed by atoms with Crippen molar-refractivity contribution >= 4 is 62.3 Å². The highest BCUT2D eigenvalue weighted by atomic mass is 35.5. The van der Waals surface area contributed by atoms with Gasteiger partial charge in [0, 0.05) is 18.5 Å². The van der Waals surface area contributed by atoms with E-state index in [9.17, 15) is 31.2 Å². The predicted molar refractivity (Wildman–Crippen MR) is 186 cm³/mol. The van der Waals surface area contributed by atoms with Gasteiger partial charge in [-0.2, -0.15) is 13.2 Å². The summed E-state index contributed by atoms with van der Waals surface area (Å²) in [5.41, 5.74) is -1.32. The highest BCUT2D eigenvalue weighted by Gasteiger charge is 2.38. The van der Waals surface area contributed by atoms with E-state index in [2.05, 4.69) is 5.32 Å². The SMILES string of the molecule is CC(C)(C)NC(=O)[C@H](Cc1ccccc1)N(Cc1ccc(Cl)c(Cl)c1)C(=O)CN(c1cc(C(F)(F)F)ccc1Cl)S(=O)(=O)c1ccccc1. The lowest BCUT2D eigenvalue weighted by Gasteiger charge is -2.35. The van der Waals surface area contributed by atoms with Gasteiger partial charge in [-0.1, -0.05) is 89.4 Å². The zero-order valence-corrected chi connectivity index (χ0v) is 29.7. The Morgan fingerprint density at radius 1 is 0.776 bits per heavy atom. The molecule has 7 nitrogen and oxygen atoms in total. The molecule has 49 heavy (non-hydrogen) atoms. The summed E-state index contributed by atoms with van der Waals surface area (Å²) in [5, 5.41) is 2.97. The van der Waals surface area contributed by atoms with Crippen molar-refractivity contribution in [2.24, 2.45) is 0 Å². The van der Waals surface area contributed by atoms with Crippen LogP contribution in [0.4, 0.5) is 18.9 Å². The molecular formula is C35H33Cl3F3N3O4S. The third-order valence-corrected chi connectivity index (χ3v) is 10.1. The molecule has 0 aliphatic rings. The quantitative estimate of drug-likeness (QED) is 0.167. The number of carbonyl (C=O) groups is 2. The van der Waals surface area contributed by atoms with Crippen LogP contribution in [0.5, 0.6) is 0 Å². The van der Waals surface area contributed by atoms with Crippen LogP contribution in [-0.2, 0) is 38.8 Å². The minimum Gasteiger partial charge on any atom is -0.350 e. The third-order valence-electron chi connectivity index (χ3n) is 7.26. The van der Waals surface area contributed by atoms with Crippen molar-refractivity contribution in [2.75, 3.05) is 10.8 Å². The maximum atomic E-state index is 14.6. The van der Waals surface area contributed by atoms with Gasteiger partial charge < -0.3 is 10.2 Å². The van der Waals surface area contributed by atoms with Gasteiger partial charge in [-0.05, 0) is 74.4 Å². The molecule has 1 N–H and O–H groups in total. The lowest BCUT2D eigenvalue weighted by molar-refractivity contribution is -0.140. The first kappa shape index (κ1) is 38.0. The largest absolute Gasteiger partial charge is 0.416 e. The van der Waals surface area contributed by atoms with Crippen LogP contribution < -0.4 is 9.62 Å². The summed E-state index contributed by atoms with van der Waals surface area (Å²) in [6.45, 7) is 4.05. The van der Waals surface area contributed by atoms with Crippen LogP contribution in [-0.4, -0.2) is 43.3 Å². The third kappa shape index (κ3) is 9.91. The number of rotatable bonds is 11. The van der Waals surface area contributed by atoms with Crippen molar-refractivity contribution in [1.29, 1.82) is 0 Å². The van der Waals surface area contributed by atoms with Crippen LogP contribution in [0.25, 0.3) is 0 Å². The van der Waals surface area contributed by atoms with Gasteiger partial charge in [-0.25, -0.2) is 8.42 Å². The lowest BCUT2D eigenvalue weighted by Crippen LogP contribution is -2.56. The molecule has 0 aliphatic heterocycles. The summed E-state index contributed by atoms with van der Waals surface area (Å²) in [6.07, 6.45) is -4.83. The molecule has 14 heteroatoms. The van der Waals surface area contributed by atoms with Gasteiger partial charge in [0.15, 0.2) is 0 Å². The summed E-state index contributed by atoms with van der Waals surface area (Å²) in [7, 11) is -4.69. The van der Waals surface area contributed by atoms with Crippen molar-refractivity contribution in [3.05, 3.63) is 129 Å². The molecule has 0 heterocycles. The fraction of sp³-hybridized carbons (Fsp3) is 0.257. The topological polar surface area (TPSA) is 86.8 Å². The molecule has 0 saturated carbocycles. The Kier molecular flexibility index (Phi) is 12.0. The predicted octanol–water partition coefficient (Wildman–Crippen LogP) is 8.42. The normalized spacial score (nSPS) is 12.7. The zero-order valence-electron chi connectivity index (χ0n) is 26.6. The smallest absolute Gasteiger partial charge is 0.350 e. The highest BCUT2D eigenvalue weighted by Crippen LogP contribution is 2.37. The first-order chi connectivity index (χ1) is 22.9. The van der Waals surface area contributed by atoms with Gasteiger partial charge >= 0.3 is 6.18 Å². The van der Waals surface area contributed by atoms with Crippen molar-refractivity contribution in [3.63, 3.8) is 0 Å². The van der Waals surface area contributed by atoms with E-state index in [0.29, 0.717) is 27.6 Å². The number of anilines is 1. The molecule has 0 radical (unpaired) electrons. The lowest BCUT2D eigenvalue weighted by atomic mass is 10.0. The fourth-order valence-electron chi connectivity index (χ4n) is 4.95. The van der Waals surface area contributed by atoms with Crippen molar-refractivity contribution in [2.45, 2.75) is 56.4 Å². The summed E-state index contributed by atoms with van der Waals surface area (Å²) >= 11 is 18.8. The Balaban J connectivity index is 1.90. The average molecular weight is 755 g/mol. The minimum atomic E-state index is -4.85. The molecule has 0 unspecified atom stereocenters. The Labute approximate surface area is 298 Å². The molecule has 4 aromatic rings. The van der Waals surface area contributed by atoms with E-state index in [1.807, 2.05) is 0 Å². The molecule has 2 amide bonds. The molecule has 0 fully saturated rings. The van der Waals surface area contributed by atoms with Crippen LogP contribution in [0.15, 0.2) is 102 Å². The Bertz CT molecular complexity index is 1910. The first-order valence-electron chi connectivity index (χ1n) is 14.9. The van der Waals surface area contributed by atoms with E-state index < -0.39 is 57.4 Å². The summed E-state index contributed by atoms with van der Waals surface area (Å²) in [4.78, 5) is 29.4. The molecule has 0 aliphatic carbocycles. The van der Waals surface area contributed by atoms with Gasteiger partial charge in [0.05, 0.1) is 31.2 Å². The Morgan fingerprint density at radius 2 is 1.37 bits per heavy atom. The van der Waals surface area contributed by atoms with E-state index >= 15 is 0 Å². The number of alkyl halides is 3. The number of halogens is 6. The molecule has 0 saturated heterocycles. The minimum absolute atomic E-state index is 0.0194. The maximum Gasteiger partial charge on any atom is 0.416 e. The Hall–Kier alpha value is -3.77. The van der Waals surface area contributed by atoms with Gasteiger partial charge in [-0.3, -0.25) is 13.9 Å². The number of hydrogen-bond donors (Lipinski definition) is 1. The molecule has 0 bridgehead atoms. The van der Waals surface area contributed by atoms with Crippen LogP contribution in [0.1, 0.15) is 37.5 Å². The zero-order chi connectivity index (χ0) is 36.1. The van der Waals surface area contributed by atoms with E-state index in [1.54, 1.807) is 63.2 Å². The second-order valence-electron chi connectivity index (χ2n) is 12.2. The van der Waals surface area contributed by atoms with Gasteiger partial charge in [0.2, 0.25) is 11.8 Å². The van der Waals surface area contributed by atoms with E-state index in [1.165, 1.54) is 41.3 Å².